The van der Waals surface area contributed by atoms with Gasteiger partial charge in [0.25, 0.3) is 0 Å². The van der Waals surface area contributed by atoms with Gasteiger partial charge >= 0.3 is 12.1 Å². The molecule has 3 nitrogen and oxygen atoms in total. The first-order valence-electron chi connectivity index (χ1n) is 3.39. The van der Waals surface area contributed by atoms with Crippen molar-refractivity contribution >= 4 is 5.97 Å². The Bertz CT molecular complexity index is 203. The van der Waals surface area contributed by atoms with Gasteiger partial charge in [-0.25, -0.2) is 0 Å². The molecule has 6 heteroatoms. The lowest BCUT2D eigenvalue weighted by molar-refractivity contribution is -0.214. The number of halogens is 3. The molecule has 0 aromatic rings. The molecule has 3 atom stereocenters. The number of nitrogens with two attached hydrogens (primary N) is 1. The summed E-state index contributed by atoms with van der Waals surface area (Å²) in [5, 5.41) is 8.34. The Kier molecular flexibility index (Phi) is 2.03. The largest absolute Gasteiger partial charge is 0.481 e. The Morgan fingerprint density at radius 3 is 2.25 bits per heavy atom. The van der Waals surface area contributed by atoms with E-state index in [1.165, 1.54) is 0 Å². The van der Waals surface area contributed by atoms with Crippen LogP contribution in [-0.2, 0) is 4.79 Å². The first kappa shape index (κ1) is 9.31. The van der Waals surface area contributed by atoms with E-state index in [9.17, 15) is 18.0 Å². The molecule has 0 radical (unpaired) electrons. The van der Waals surface area contributed by atoms with Crippen molar-refractivity contribution < 1.29 is 23.1 Å². The summed E-state index contributed by atoms with van der Waals surface area (Å²) in [6, 6.07) is -1.28. The van der Waals surface area contributed by atoms with Crippen LogP contribution in [0.4, 0.5) is 13.2 Å². The summed E-state index contributed by atoms with van der Waals surface area (Å²) in [5.41, 5.74) is 5.05. The van der Waals surface area contributed by atoms with Crippen LogP contribution in [0.2, 0.25) is 0 Å². The maximum Gasteiger partial charge on any atom is 0.393 e. The molecule has 1 fully saturated rings. The average molecular weight is 183 g/mol. The predicted octanol–water partition coefficient (Wildman–Crippen LogP) is 0.597. The van der Waals surface area contributed by atoms with Crippen molar-refractivity contribution in [2.24, 2.45) is 17.6 Å². The number of aliphatic carboxylic acids is 1. The zero-order valence-electron chi connectivity index (χ0n) is 6.01. The normalized spacial score (nSPS) is 35.8. The Labute approximate surface area is 66.4 Å². The number of carboxylic acid groups (broad SMARTS) is 1. The lowest BCUT2D eigenvalue weighted by Gasteiger charge is -2.40. The third kappa shape index (κ3) is 1.38. The van der Waals surface area contributed by atoms with Crippen molar-refractivity contribution in [1.29, 1.82) is 0 Å². The molecule has 1 saturated carbocycles. The van der Waals surface area contributed by atoms with E-state index >= 15 is 0 Å². The molecular formula is C6H8F3NO2. The first-order chi connectivity index (χ1) is 5.34. The van der Waals surface area contributed by atoms with Gasteiger partial charge in [0.05, 0.1) is 11.8 Å². The summed E-state index contributed by atoms with van der Waals surface area (Å²) in [4.78, 5) is 10.2. The number of hydrogen-bond donors (Lipinski definition) is 2. The molecule has 0 aromatic heterocycles. The van der Waals surface area contributed by atoms with Crippen LogP contribution in [0.5, 0.6) is 0 Å². The fourth-order valence-corrected chi connectivity index (χ4v) is 1.29. The van der Waals surface area contributed by atoms with E-state index in [0.717, 1.165) is 0 Å². The minimum Gasteiger partial charge on any atom is -0.481 e. The molecule has 0 amide bonds. The quantitative estimate of drug-likeness (QED) is 0.625. The van der Waals surface area contributed by atoms with Gasteiger partial charge in [0.1, 0.15) is 0 Å². The van der Waals surface area contributed by atoms with Crippen LogP contribution in [0.25, 0.3) is 0 Å². The standard InChI is InChI=1S/C6H8F3NO2/c7-6(8,9)3-1-2(4(3)10)5(11)12/h2-4H,1,10H2,(H,11,12)/t2-,3-,4-/m1/s1. The van der Waals surface area contributed by atoms with Crippen LogP contribution in [0, 0.1) is 11.8 Å². The van der Waals surface area contributed by atoms with Crippen LogP contribution < -0.4 is 5.73 Å². The number of carbonyl (C=O) groups is 1. The van der Waals surface area contributed by atoms with Gasteiger partial charge < -0.3 is 10.8 Å². The van der Waals surface area contributed by atoms with E-state index in [2.05, 4.69) is 0 Å². The second-order valence-electron chi connectivity index (χ2n) is 2.91. The predicted molar refractivity (Wildman–Crippen MR) is 33.3 cm³/mol. The van der Waals surface area contributed by atoms with Gasteiger partial charge in [0, 0.05) is 6.04 Å². The molecule has 1 aliphatic carbocycles. The smallest absolute Gasteiger partial charge is 0.393 e. The second kappa shape index (κ2) is 2.62. The highest BCUT2D eigenvalue weighted by atomic mass is 19.4. The fourth-order valence-electron chi connectivity index (χ4n) is 1.29. The van der Waals surface area contributed by atoms with Gasteiger partial charge in [-0.1, -0.05) is 0 Å². The molecular weight excluding hydrogens is 175 g/mol. The Morgan fingerprint density at radius 2 is 2.00 bits per heavy atom. The van der Waals surface area contributed by atoms with Crippen LogP contribution in [0.15, 0.2) is 0 Å². The molecule has 0 spiro atoms. The van der Waals surface area contributed by atoms with Crippen molar-refractivity contribution in [2.75, 3.05) is 0 Å². The maximum absolute atomic E-state index is 11.9. The van der Waals surface area contributed by atoms with Crippen LogP contribution in [-0.4, -0.2) is 23.3 Å². The molecule has 0 saturated heterocycles. The summed E-state index contributed by atoms with van der Waals surface area (Å²) in [7, 11) is 0. The van der Waals surface area contributed by atoms with Gasteiger partial charge in [-0.2, -0.15) is 13.2 Å². The molecule has 0 aromatic carbocycles. The van der Waals surface area contributed by atoms with Crippen molar-refractivity contribution in [2.45, 2.75) is 18.6 Å². The number of rotatable bonds is 1. The first-order valence-corrected chi connectivity index (χ1v) is 3.39. The van der Waals surface area contributed by atoms with E-state index in [1.807, 2.05) is 0 Å². The molecule has 0 aliphatic heterocycles. The summed E-state index contributed by atoms with van der Waals surface area (Å²) < 4.78 is 35.7. The van der Waals surface area contributed by atoms with Crippen LogP contribution >= 0.6 is 0 Å². The minimum atomic E-state index is -4.36. The zero-order valence-corrected chi connectivity index (χ0v) is 6.01. The van der Waals surface area contributed by atoms with Crippen LogP contribution in [0.3, 0.4) is 0 Å². The highest BCUT2D eigenvalue weighted by Crippen LogP contribution is 2.43. The molecule has 70 valence electrons. The van der Waals surface area contributed by atoms with E-state index in [1.54, 1.807) is 0 Å². The van der Waals surface area contributed by atoms with Gasteiger partial charge in [-0.05, 0) is 6.42 Å². The molecule has 3 N–H and O–H groups in total. The van der Waals surface area contributed by atoms with Gasteiger partial charge in [-0.15, -0.1) is 0 Å². The SMILES string of the molecule is N[C@H]1[C@H](C(F)(F)F)C[C@H]1C(=O)O. The number of alkyl halides is 3. The van der Waals surface area contributed by atoms with Gasteiger partial charge in [0.15, 0.2) is 0 Å². The average Bonchev–Trinajstić information content (AvgIpc) is 1.80. The molecule has 0 bridgehead atoms. The molecule has 1 aliphatic rings. The Morgan fingerprint density at radius 1 is 1.50 bits per heavy atom. The number of carboxylic acids is 1. The van der Waals surface area contributed by atoms with E-state index in [4.69, 9.17) is 10.8 Å². The Hall–Kier alpha value is -0.780. The third-order valence-electron chi connectivity index (χ3n) is 2.17. The molecule has 0 heterocycles. The van der Waals surface area contributed by atoms with Crippen molar-refractivity contribution in [3.05, 3.63) is 0 Å². The molecule has 1 rings (SSSR count). The topological polar surface area (TPSA) is 63.3 Å². The number of hydrogen-bond acceptors (Lipinski definition) is 2. The summed E-state index contributed by atoms with van der Waals surface area (Å²) in [5.74, 6) is -3.92. The van der Waals surface area contributed by atoms with E-state index in [0.29, 0.717) is 0 Å². The van der Waals surface area contributed by atoms with E-state index < -0.39 is 30.0 Å². The maximum atomic E-state index is 11.9. The Balaban J connectivity index is 2.55. The van der Waals surface area contributed by atoms with Crippen molar-refractivity contribution in [3.8, 4) is 0 Å². The monoisotopic (exact) mass is 183 g/mol. The molecule has 12 heavy (non-hydrogen) atoms. The van der Waals surface area contributed by atoms with Crippen molar-refractivity contribution in [1.82, 2.24) is 0 Å². The van der Waals surface area contributed by atoms with Crippen LogP contribution in [0.1, 0.15) is 6.42 Å². The van der Waals surface area contributed by atoms with Gasteiger partial charge in [-0.3, -0.25) is 4.79 Å². The summed E-state index contributed by atoms with van der Waals surface area (Å²) in [6.45, 7) is 0. The zero-order chi connectivity index (χ0) is 9.52. The lowest BCUT2D eigenvalue weighted by atomic mass is 9.70. The lowest BCUT2D eigenvalue weighted by Crippen LogP contribution is -2.57. The summed E-state index contributed by atoms with van der Waals surface area (Å²) >= 11 is 0. The summed E-state index contributed by atoms with van der Waals surface area (Å²) in [6.07, 6.45) is -4.74. The van der Waals surface area contributed by atoms with Gasteiger partial charge in [0.2, 0.25) is 0 Å². The minimum absolute atomic E-state index is 0.389. The second-order valence-corrected chi connectivity index (χ2v) is 2.91. The highest BCUT2D eigenvalue weighted by molar-refractivity contribution is 5.72. The van der Waals surface area contributed by atoms with Crippen molar-refractivity contribution in [3.63, 3.8) is 0 Å². The van der Waals surface area contributed by atoms with E-state index in [-0.39, 0.29) is 6.42 Å². The fraction of sp³-hybridized carbons (Fsp3) is 0.833. The third-order valence-corrected chi connectivity index (χ3v) is 2.17. The highest BCUT2D eigenvalue weighted by Gasteiger charge is 2.56. The molecule has 0 unspecified atom stereocenters.